The lowest BCUT2D eigenvalue weighted by Crippen LogP contribution is -2.40. The SMILES string of the molecule is CCCCN(C)CCNC(=NC)NCc1coc(-c2ccc(C)cc2)n1.I. The van der Waals surface area contributed by atoms with Gasteiger partial charge in [0.25, 0.3) is 0 Å². The van der Waals surface area contributed by atoms with Gasteiger partial charge in [0.2, 0.25) is 5.89 Å². The number of nitrogens with zero attached hydrogens (tertiary/aromatic N) is 3. The predicted molar refractivity (Wildman–Crippen MR) is 123 cm³/mol. The number of halogens is 1. The summed E-state index contributed by atoms with van der Waals surface area (Å²) in [6.07, 6.45) is 4.15. The Kier molecular flexibility index (Phi) is 11.0. The molecule has 2 aromatic rings. The van der Waals surface area contributed by atoms with Gasteiger partial charge in [0.1, 0.15) is 6.26 Å². The number of likely N-dealkylation sites (N-methyl/N-ethyl adjacent to an activating group) is 1. The van der Waals surface area contributed by atoms with Crippen LogP contribution < -0.4 is 10.6 Å². The summed E-state index contributed by atoms with van der Waals surface area (Å²) >= 11 is 0. The second kappa shape index (κ2) is 12.7. The van der Waals surface area contributed by atoms with Crippen molar-refractivity contribution >= 4 is 29.9 Å². The van der Waals surface area contributed by atoms with Crippen LogP contribution in [0.15, 0.2) is 39.9 Å². The number of hydrogen-bond donors (Lipinski definition) is 2. The van der Waals surface area contributed by atoms with Crippen molar-refractivity contribution < 1.29 is 4.42 Å². The van der Waals surface area contributed by atoms with Crippen LogP contribution in [0.25, 0.3) is 11.5 Å². The first kappa shape index (κ1) is 23.4. The monoisotopic (exact) mass is 485 g/mol. The van der Waals surface area contributed by atoms with E-state index >= 15 is 0 Å². The first-order chi connectivity index (χ1) is 12.6. The van der Waals surface area contributed by atoms with E-state index in [1.807, 2.05) is 12.1 Å². The Morgan fingerprint density at radius 2 is 1.93 bits per heavy atom. The highest BCUT2D eigenvalue weighted by Gasteiger charge is 2.07. The third kappa shape index (κ3) is 8.30. The van der Waals surface area contributed by atoms with Crippen LogP contribution in [-0.4, -0.2) is 49.6 Å². The number of aliphatic imine (C=N–C) groups is 1. The van der Waals surface area contributed by atoms with Gasteiger partial charge in [0.05, 0.1) is 12.2 Å². The molecular formula is C20H32IN5O. The molecule has 0 spiro atoms. The van der Waals surface area contributed by atoms with E-state index in [9.17, 15) is 0 Å². The quantitative estimate of drug-likeness (QED) is 0.323. The van der Waals surface area contributed by atoms with Crippen molar-refractivity contribution in [2.24, 2.45) is 4.99 Å². The summed E-state index contributed by atoms with van der Waals surface area (Å²) in [5.41, 5.74) is 3.06. The molecule has 27 heavy (non-hydrogen) atoms. The smallest absolute Gasteiger partial charge is 0.226 e. The van der Waals surface area contributed by atoms with Crippen LogP contribution in [0.5, 0.6) is 0 Å². The van der Waals surface area contributed by atoms with E-state index in [4.69, 9.17) is 4.42 Å². The Morgan fingerprint density at radius 1 is 1.19 bits per heavy atom. The van der Waals surface area contributed by atoms with Crippen molar-refractivity contribution in [1.29, 1.82) is 0 Å². The molecule has 0 fully saturated rings. The highest BCUT2D eigenvalue weighted by atomic mass is 127. The van der Waals surface area contributed by atoms with Crippen LogP contribution in [0.2, 0.25) is 0 Å². The summed E-state index contributed by atoms with van der Waals surface area (Å²) in [6, 6.07) is 8.16. The standard InChI is InChI=1S/C20H31N5O.HI/c1-5-6-12-25(4)13-11-22-20(21-3)23-14-18-15-26-19(24-18)17-9-7-16(2)8-10-17;/h7-10,15H,5-6,11-14H2,1-4H3,(H2,21,22,23);1H. The molecule has 6 nitrogen and oxygen atoms in total. The summed E-state index contributed by atoms with van der Waals surface area (Å²) in [6.45, 7) is 7.82. The highest BCUT2D eigenvalue weighted by Crippen LogP contribution is 2.18. The van der Waals surface area contributed by atoms with E-state index in [2.05, 4.69) is 58.5 Å². The number of oxazole rings is 1. The van der Waals surface area contributed by atoms with Gasteiger partial charge >= 0.3 is 0 Å². The molecule has 0 radical (unpaired) electrons. The van der Waals surface area contributed by atoms with Crippen LogP contribution in [0.3, 0.4) is 0 Å². The molecule has 1 heterocycles. The van der Waals surface area contributed by atoms with Crippen molar-refractivity contribution in [3.63, 3.8) is 0 Å². The van der Waals surface area contributed by atoms with Crippen molar-refractivity contribution in [3.8, 4) is 11.5 Å². The minimum atomic E-state index is 0. The van der Waals surface area contributed by atoms with Crippen LogP contribution >= 0.6 is 24.0 Å². The number of aryl methyl sites for hydroxylation is 1. The summed E-state index contributed by atoms with van der Waals surface area (Å²) in [7, 11) is 3.92. The van der Waals surface area contributed by atoms with E-state index in [1.165, 1.54) is 18.4 Å². The third-order valence-electron chi connectivity index (χ3n) is 4.19. The largest absolute Gasteiger partial charge is 0.444 e. The van der Waals surface area contributed by atoms with Crippen molar-refractivity contribution in [2.45, 2.75) is 33.2 Å². The number of benzene rings is 1. The molecular weight excluding hydrogens is 453 g/mol. The molecule has 0 aliphatic carbocycles. The Bertz CT molecular complexity index is 684. The molecule has 0 aliphatic heterocycles. The van der Waals surface area contributed by atoms with Gasteiger partial charge in [-0.1, -0.05) is 31.0 Å². The van der Waals surface area contributed by atoms with Crippen LogP contribution in [0.1, 0.15) is 31.0 Å². The molecule has 0 saturated carbocycles. The number of aromatic nitrogens is 1. The summed E-state index contributed by atoms with van der Waals surface area (Å²) in [4.78, 5) is 11.1. The van der Waals surface area contributed by atoms with Gasteiger partial charge in [-0.15, -0.1) is 24.0 Å². The maximum absolute atomic E-state index is 5.59. The molecule has 1 aromatic carbocycles. The number of guanidine groups is 1. The number of hydrogen-bond acceptors (Lipinski definition) is 4. The van der Waals surface area contributed by atoms with Gasteiger partial charge in [-0.25, -0.2) is 4.98 Å². The average Bonchev–Trinajstić information content (AvgIpc) is 3.12. The van der Waals surface area contributed by atoms with Gasteiger partial charge in [-0.05, 0) is 39.1 Å². The Hall–Kier alpha value is -1.61. The Morgan fingerprint density at radius 3 is 2.59 bits per heavy atom. The van der Waals surface area contributed by atoms with E-state index in [0.717, 1.165) is 36.9 Å². The van der Waals surface area contributed by atoms with E-state index in [-0.39, 0.29) is 24.0 Å². The fraction of sp³-hybridized carbons (Fsp3) is 0.500. The fourth-order valence-electron chi connectivity index (χ4n) is 2.52. The normalized spacial score (nSPS) is 11.4. The Balaban J connectivity index is 0.00000364. The molecule has 0 amide bonds. The maximum Gasteiger partial charge on any atom is 0.226 e. The molecule has 7 heteroatoms. The molecule has 0 aliphatic rings. The van der Waals surface area contributed by atoms with Crippen molar-refractivity contribution in [2.75, 3.05) is 33.7 Å². The Labute approximate surface area is 179 Å². The maximum atomic E-state index is 5.59. The second-order valence-corrected chi connectivity index (χ2v) is 6.52. The molecule has 2 N–H and O–H groups in total. The zero-order chi connectivity index (χ0) is 18.8. The first-order valence-corrected chi connectivity index (χ1v) is 9.27. The molecule has 0 unspecified atom stereocenters. The molecule has 150 valence electrons. The van der Waals surface area contributed by atoms with Gasteiger partial charge < -0.3 is 20.0 Å². The van der Waals surface area contributed by atoms with Gasteiger partial charge in [-0.2, -0.15) is 0 Å². The molecule has 1 aromatic heterocycles. The summed E-state index contributed by atoms with van der Waals surface area (Å²) in [5.74, 6) is 1.41. The molecule has 0 bridgehead atoms. The van der Waals surface area contributed by atoms with Crippen molar-refractivity contribution in [1.82, 2.24) is 20.5 Å². The minimum absolute atomic E-state index is 0. The number of unbranched alkanes of at least 4 members (excludes halogenated alkanes) is 1. The average molecular weight is 485 g/mol. The second-order valence-electron chi connectivity index (χ2n) is 6.52. The van der Waals surface area contributed by atoms with Crippen LogP contribution in [-0.2, 0) is 6.54 Å². The predicted octanol–water partition coefficient (Wildman–Crippen LogP) is 3.66. The zero-order valence-corrected chi connectivity index (χ0v) is 19.1. The lowest BCUT2D eigenvalue weighted by atomic mass is 10.1. The topological polar surface area (TPSA) is 65.7 Å². The third-order valence-corrected chi connectivity index (χ3v) is 4.19. The molecule has 0 atom stereocenters. The summed E-state index contributed by atoms with van der Waals surface area (Å²) in [5, 5.41) is 6.60. The van der Waals surface area contributed by atoms with E-state index in [0.29, 0.717) is 12.4 Å². The van der Waals surface area contributed by atoms with Crippen molar-refractivity contribution in [3.05, 3.63) is 41.8 Å². The van der Waals surface area contributed by atoms with Crippen LogP contribution in [0.4, 0.5) is 0 Å². The van der Waals surface area contributed by atoms with E-state index in [1.54, 1.807) is 13.3 Å². The number of rotatable bonds is 9. The molecule has 0 saturated heterocycles. The first-order valence-electron chi connectivity index (χ1n) is 9.27. The minimum Gasteiger partial charge on any atom is -0.444 e. The lowest BCUT2D eigenvalue weighted by Gasteiger charge is -2.17. The van der Waals surface area contributed by atoms with Gasteiger partial charge in [0.15, 0.2) is 5.96 Å². The van der Waals surface area contributed by atoms with E-state index < -0.39 is 0 Å². The number of nitrogens with one attached hydrogen (secondary N) is 2. The lowest BCUT2D eigenvalue weighted by molar-refractivity contribution is 0.332. The summed E-state index contributed by atoms with van der Waals surface area (Å²) < 4.78 is 5.59. The highest BCUT2D eigenvalue weighted by molar-refractivity contribution is 14.0. The molecule has 2 rings (SSSR count). The zero-order valence-electron chi connectivity index (χ0n) is 16.8. The van der Waals surface area contributed by atoms with Gasteiger partial charge in [0, 0.05) is 25.7 Å². The fourth-order valence-corrected chi connectivity index (χ4v) is 2.52. The van der Waals surface area contributed by atoms with Crippen LogP contribution in [0, 0.1) is 6.92 Å². The van der Waals surface area contributed by atoms with Gasteiger partial charge in [-0.3, -0.25) is 4.99 Å².